The summed E-state index contributed by atoms with van der Waals surface area (Å²) in [4.78, 5) is 39.5. The molecule has 1 saturated carbocycles. The Hall–Kier alpha value is -5.70. The topological polar surface area (TPSA) is 167 Å². The second kappa shape index (κ2) is 14.7. The van der Waals surface area contributed by atoms with Crippen LogP contribution in [0.1, 0.15) is 54.4 Å². The number of nitro groups is 1. The lowest BCUT2D eigenvalue weighted by atomic mass is 9.59. The van der Waals surface area contributed by atoms with E-state index in [0.29, 0.717) is 22.2 Å². The minimum Gasteiger partial charge on any atom is -0.455 e. The van der Waals surface area contributed by atoms with E-state index in [2.05, 4.69) is 41.6 Å². The highest BCUT2D eigenvalue weighted by Gasteiger charge is 2.41. The van der Waals surface area contributed by atoms with E-state index in [1.807, 2.05) is 18.2 Å². The van der Waals surface area contributed by atoms with Crippen LogP contribution < -0.4 is 14.4 Å². The highest BCUT2D eigenvalue weighted by atomic mass is 35.5. The molecule has 15 heteroatoms. The summed E-state index contributed by atoms with van der Waals surface area (Å²) in [5.41, 5.74) is 5.93. The standard InChI is InChI=1S/C42H40ClN7O6S/c43-31-4-2-27(3-5-31)36-24-42(11-1-12-42)13-8-30(36)26-48-16-18-49(19-17-48)32-6-7-35(38(22-32)56-33-20-29-10-15-45-40(29)46-25-33)41(51)47-57(54,55)34-21-28-9-14-44-39(28)37(23-34)50(52)53/h2-7,9-10,14-15,20-23,25,44H,1,8,11-13,16-19,24,26H2,(H,45,46)(H,47,51). The van der Waals surface area contributed by atoms with E-state index >= 15 is 0 Å². The van der Waals surface area contributed by atoms with E-state index in [0.717, 1.165) is 67.7 Å². The molecule has 292 valence electrons. The molecular weight excluding hydrogens is 766 g/mol. The van der Waals surface area contributed by atoms with E-state index in [9.17, 15) is 23.3 Å². The maximum atomic E-state index is 13.8. The van der Waals surface area contributed by atoms with Gasteiger partial charge in [0.25, 0.3) is 21.6 Å². The number of non-ortho nitro benzene ring substituents is 1. The number of carbonyl (C=O) groups excluding carboxylic acids is 1. The van der Waals surface area contributed by atoms with Crippen molar-refractivity contribution in [2.75, 3.05) is 37.6 Å². The number of hydrogen-bond donors (Lipinski definition) is 3. The van der Waals surface area contributed by atoms with Gasteiger partial charge in [0, 0.05) is 78.7 Å². The van der Waals surface area contributed by atoms with E-state index in [1.165, 1.54) is 66.9 Å². The molecule has 0 bridgehead atoms. The van der Waals surface area contributed by atoms with Crippen LogP contribution in [0, 0.1) is 15.5 Å². The number of rotatable bonds is 10. The summed E-state index contributed by atoms with van der Waals surface area (Å²) in [6, 6.07) is 20.7. The van der Waals surface area contributed by atoms with Crippen molar-refractivity contribution in [3.05, 3.63) is 123 Å². The van der Waals surface area contributed by atoms with Crippen molar-refractivity contribution in [2.24, 2.45) is 5.41 Å². The zero-order valence-electron chi connectivity index (χ0n) is 31.0. The third kappa shape index (κ3) is 7.36. The lowest BCUT2D eigenvalue weighted by Crippen LogP contribution is -2.47. The van der Waals surface area contributed by atoms with Crippen LogP contribution in [0.2, 0.25) is 5.02 Å². The molecule has 1 saturated heterocycles. The molecule has 0 radical (unpaired) electrons. The highest BCUT2D eigenvalue weighted by molar-refractivity contribution is 7.90. The molecule has 13 nitrogen and oxygen atoms in total. The molecule has 1 amide bonds. The summed E-state index contributed by atoms with van der Waals surface area (Å²) < 4.78 is 35.5. The molecular formula is C42H40ClN7O6S. The number of H-pyrrole nitrogens is 2. The minimum atomic E-state index is -4.54. The number of anilines is 1. The summed E-state index contributed by atoms with van der Waals surface area (Å²) in [5, 5.41) is 13.6. The van der Waals surface area contributed by atoms with Crippen LogP contribution in [0.3, 0.4) is 0 Å². The van der Waals surface area contributed by atoms with Crippen LogP contribution in [-0.4, -0.2) is 71.8 Å². The number of nitrogens with one attached hydrogen (secondary N) is 3. The van der Waals surface area contributed by atoms with Gasteiger partial charge in [-0.1, -0.05) is 35.7 Å². The number of halogens is 1. The molecule has 3 aromatic carbocycles. The molecule has 6 aromatic rings. The Bertz CT molecular complexity index is 2680. The summed E-state index contributed by atoms with van der Waals surface area (Å²) >= 11 is 6.26. The first kappa shape index (κ1) is 36.9. The number of amides is 1. The molecule has 3 aromatic heterocycles. The second-order valence-electron chi connectivity index (χ2n) is 15.3. The lowest BCUT2D eigenvalue weighted by Gasteiger charge is -2.47. The zero-order valence-corrected chi connectivity index (χ0v) is 32.5. The molecule has 3 N–H and O–H groups in total. The molecule has 1 aliphatic heterocycles. The average molecular weight is 806 g/mol. The monoisotopic (exact) mass is 805 g/mol. The summed E-state index contributed by atoms with van der Waals surface area (Å²) in [6.45, 7) is 4.07. The number of allylic oxidation sites excluding steroid dienone is 1. The Labute approximate surface area is 333 Å². The second-order valence-corrected chi connectivity index (χ2v) is 17.4. The van der Waals surface area contributed by atoms with Gasteiger partial charge in [0.15, 0.2) is 0 Å². The van der Waals surface area contributed by atoms with Crippen LogP contribution >= 0.6 is 11.6 Å². The van der Waals surface area contributed by atoms with Gasteiger partial charge in [-0.25, -0.2) is 18.1 Å². The first-order chi connectivity index (χ1) is 27.5. The van der Waals surface area contributed by atoms with Crippen molar-refractivity contribution in [1.29, 1.82) is 0 Å². The van der Waals surface area contributed by atoms with Gasteiger partial charge in [-0.3, -0.25) is 19.8 Å². The summed E-state index contributed by atoms with van der Waals surface area (Å²) in [6.07, 6.45) is 12.2. The molecule has 0 atom stereocenters. The number of aromatic amines is 2. The van der Waals surface area contributed by atoms with Crippen LogP contribution in [0.5, 0.6) is 11.5 Å². The third-order valence-corrected chi connectivity index (χ3v) is 13.4. The number of carbonyl (C=O) groups is 1. The van der Waals surface area contributed by atoms with Gasteiger partial charge in [-0.15, -0.1) is 0 Å². The maximum absolute atomic E-state index is 13.8. The number of nitrogens with zero attached hydrogens (tertiary/aromatic N) is 4. The molecule has 4 heterocycles. The Kier molecular flexibility index (Phi) is 9.50. The van der Waals surface area contributed by atoms with Crippen LogP contribution in [0.15, 0.2) is 102 Å². The van der Waals surface area contributed by atoms with Crippen molar-refractivity contribution in [2.45, 2.75) is 43.4 Å². The number of pyridine rings is 1. The first-order valence-electron chi connectivity index (χ1n) is 19.0. The number of aromatic nitrogens is 3. The largest absolute Gasteiger partial charge is 0.455 e. The van der Waals surface area contributed by atoms with Crippen molar-refractivity contribution < 1.29 is 22.9 Å². The maximum Gasteiger partial charge on any atom is 0.294 e. The number of sulfonamides is 1. The highest BCUT2D eigenvalue weighted by Crippen LogP contribution is 2.55. The fourth-order valence-corrected chi connectivity index (χ4v) is 9.71. The van der Waals surface area contributed by atoms with Gasteiger partial charge in [0.1, 0.15) is 22.7 Å². The minimum absolute atomic E-state index is 0.0319. The number of nitro benzene ring substituents is 1. The molecule has 2 aliphatic carbocycles. The molecule has 9 rings (SSSR count). The van der Waals surface area contributed by atoms with E-state index in [1.54, 1.807) is 30.5 Å². The van der Waals surface area contributed by atoms with E-state index < -0.39 is 31.4 Å². The zero-order chi connectivity index (χ0) is 39.3. The van der Waals surface area contributed by atoms with Gasteiger partial charge in [0.05, 0.1) is 21.6 Å². The number of hydrogen-bond acceptors (Lipinski definition) is 9. The fraction of sp³-hybridized carbons (Fsp3) is 0.286. The fourth-order valence-electron chi connectivity index (χ4n) is 8.57. The van der Waals surface area contributed by atoms with Crippen LogP contribution in [-0.2, 0) is 10.0 Å². The van der Waals surface area contributed by atoms with Gasteiger partial charge in [-0.05, 0) is 97.2 Å². The van der Waals surface area contributed by atoms with E-state index in [4.69, 9.17) is 16.3 Å². The predicted octanol–water partition coefficient (Wildman–Crippen LogP) is 8.45. The molecule has 57 heavy (non-hydrogen) atoms. The van der Waals surface area contributed by atoms with E-state index in [-0.39, 0.29) is 16.8 Å². The normalized spacial score (nSPS) is 17.2. The third-order valence-electron chi connectivity index (χ3n) is 11.9. The van der Waals surface area contributed by atoms with Crippen molar-refractivity contribution in [3.8, 4) is 11.5 Å². The number of piperazine rings is 1. The molecule has 2 fully saturated rings. The predicted molar refractivity (Wildman–Crippen MR) is 219 cm³/mol. The molecule has 3 aliphatic rings. The van der Waals surface area contributed by atoms with Gasteiger partial charge < -0.3 is 19.6 Å². The molecule has 1 spiro atoms. The number of ether oxygens (including phenoxy) is 1. The van der Waals surface area contributed by atoms with Crippen LogP contribution in [0.25, 0.3) is 27.5 Å². The van der Waals surface area contributed by atoms with Gasteiger partial charge in [-0.2, -0.15) is 0 Å². The average Bonchev–Trinajstić information content (AvgIpc) is 3.87. The van der Waals surface area contributed by atoms with Gasteiger partial charge >= 0.3 is 0 Å². The Morgan fingerprint density at radius 3 is 2.47 bits per heavy atom. The number of fused-ring (bicyclic) bond motifs is 2. The van der Waals surface area contributed by atoms with Crippen molar-refractivity contribution in [3.63, 3.8) is 0 Å². The smallest absolute Gasteiger partial charge is 0.294 e. The quantitative estimate of drug-likeness (QED) is 0.0910. The van der Waals surface area contributed by atoms with Gasteiger partial charge in [0.2, 0.25) is 0 Å². The molecule has 0 unspecified atom stereocenters. The number of benzene rings is 3. The Balaban J connectivity index is 0.959. The Morgan fingerprint density at radius 1 is 0.947 bits per heavy atom. The Morgan fingerprint density at radius 2 is 1.72 bits per heavy atom. The SMILES string of the molecule is O=C(NS(=O)(=O)c1cc([N+](=O)[O-])c2[nH]ccc2c1)c1ccc(N2CCN(CC3=C(c4ccc(Cl)cc4)CC4(CCC4)CC3)CC2)cc1Oc1cnc2[nH]ccc2c1. The van der Waals surface area contributed by atoms with Crippen molar-refractivity contribution in [1.82, 2.24) is 24.6 Å². The first-order valence-corrected chi connectivity index (χ1v) is 20.9. The van der Waals surface area contributed by atoms with Crippen LogP contribution in [0.4, 0.5) is 11.4 Å². The summed E-state index contributed by atoms with van der Waals surface area (Å²) in [7, 11) is -4.54. The van der Waals surface area contributed by atoms with Crippen molar-refractivity contribution >= 4 is 66.4 Å². The summed E-state index contributed by atoms with van der Waals surface area (Å²) in [5.74, 6) is -0.457. The lowest BCUT2D eigenvalue weighted by molar-refractivity contribution is -0.383.